The van der Waals surface area contributed by atoms with Crippen molar-refractivity contribution in [1.82, 2.24) is 4.90 Å². The quantitative estimate of drug-likeness (QED) is 0.820. The molecule has 3 rings (SSSR count). The second-order valence-corrected chi connectivity index (χ2v) is 6.54. The van der Waals surface area contributed by atoms with Gasteiger partial charge in [0.1, 0.15) is 17.2 Å². The normalized spacial score (nSPS) is 18.9. The topological polar surface area (TPSA) is 49.7 Å². The summed E-state index contributed by atoms with van der Waals surface area (Å²) in [5, 5.41) is 0.628. The Bertz CT molecular complexity index is 631. The molecule has 1 aliphatic heterocycles. The third-order valence-corrected chi connectivity index (χ3v) is 4.67. The molecule has 4 nitrogen and oxygen atoms in total. The fourth-order valence-corrected chi connectivity index (χ4v) is 3.50. The van der Waals surface area contributed by atoms with Crippen molar-refractivity contribution in [3.05, 3.63) is 34.9 Å². The van der Waals surface area contributed by atoms with Crippen LogP contribution in [0.5, 0.6) is 0 Å². The Kier molecular flexibility index (Phi) is 6.16. The van der Waals surface area contributed by atoms with Gasteiger partial charge in [0.15, 0.2) is 0 Å². The van der Waals surface area contributed by atoms with E-state index < -0.39 is 5.66 Å². The Morgan fingerprint density at radius 3 is 2.29 bits per heavy atom. The van der Waals surface area contributed by atoms with E-state index in [0.717, 1.165) is 37.7 Å². The van der Waals surface area contributed by atoms with Gasteiger partial charge < -0.3 is 4.90 Å². The number of amides is 1. The molecular formula is C19H25ClN2O2. The predicted octanol–water partition coefficient (Wildman–Crippen LogP) is 4.25. The van der Waals surface area contributed by atoms with Gasteiger partial charge in [-0.05, 0) is 44.7 Å². The van der Waals surface area contributed by atoms with E-state index in [2.05, 4.69) is 0 Å². The summed E-state index contributed by atoms with van der Waals surface area (Å²) in [5.74, 6) is -0.148. The van der Waals surface area contributed by atoms with Gasteiger partial charge in [-0.3, -0.25) is 14.6 Å². The van der Waals surface area contributed by atoms with Crippen LogP contribution in [-0.2, 0) is 9.59 Å². The van der Waals surface area contributed by atoms with Crippen LogP contribution in [0.1, 0.15) is 58.4 Å². The largest absolute Gasteiger partial charge is 0.305 e. The molecule has 130 valence electrons. The van der Waals surface area contributed by atoms with Gasteiger partial charge in [-0.2, -0.15) is 0 Å². The zero-order valence-corrected chi connectivity index (χ0v) is 15.4. The van der Waals surface area contributed by atoms with Crippen molar-refractivity contribution in [2.45, 2.75) is 58.5 Å². The van der Waals surface area contributed by atoms with E-state index >= 15 is 0 Å². The second kappa shape index (κ2) is 7.93. The van der Waals surface area contributed by atoms with Crippen LogP contribution in [0.15, 0.2) is 29.3 Å². The van der Waals surface area contributed by atoms with Crippen molar-refractivity contribution in [3.8, 4) is 0 Å². The fraction of sp³-hybridized carbons (Fsp3) is 0.526. The highest BCUT2D eigenvalue weighted by molar-refractivity contribution is 6.47. The average Bonchev–Trinajstić information content (AvgIpc) is 2.84. The lowest BCUT2D eigenvalue weighted by molar-refractivity contribution is -0.134. The minimum absolute atomic E-state index is 0.00847. The highest BCUT2D eigenvalue weighted by Crippen LogP contribution is 2.39. The van der Waals surface area contributed by atoms with Crippen LogP contribution in [0.2, 0.25) is 5.02 Å². The first-order valence-electron chi connectivity index (χ1n) is 8.69. The zero-order chi connectivity index (χ0) is 17.7. The number of hydrogen-bond acceptors (Lipinski definition) is 3. The lowest BCUT2D eigenvalue weighted by atomic mass is 9.88. The summed E-state index contributed by atoms with van der Waals surface area (Å²) in [6.07, 6.45) is 4.92. The SMILES string of the molecule is CC.CC(=O)CN1C(=O)C(c2ccc(Cl)cc2)=NC12CCCCC2. The number of rotatable bonds is 3. The van der Waals surface area contributed by atoms with E-state index in [-0.39, 0.29) is 18.2 Å². The molecule has 1 saturated carbocycles. The molecule has 0 saturated heterocycles. The molecule has 0 unspecified atom stereocenters. The Hall–Kier alpha value is -1.68. The Balaban J connectivity index is 0.00000100. The number of hydrogen-bond donors (Lipinski definition) is 0. The number of benzene rings is 1. The summed E-state index contributed by atoms with van der Waals surface area (Å²) in [6.45, 7) is 5.66. The van der Waals surface area contributed by atoms with Crippen molar-refractivity contribution >= 4 is 29.0 Å². The first-order valence-corrected chi connectivity index (χ1v) is 9.07. The van der Waals surface area contributed by atoms with Crippen LogP contribution in [0.4, 0.5) is 0 Å². The maximum Gasteiger partial charge on any atom is 0.275 e. The van der Waals surface area contributed by atoms with Crippen molar-refractivity contribution in [2.75, 3.05) is 6.54 Å². The first-order chi connectivity index (χ1) is 11.5. The minimum atomic E-state index is -0.518. The van der Waals surface area contributed by atoms with Crippen molar-refractivity contribution in [1.29, 1.82) is 0 Å². The number of carbonyl (C=O) groups excluding carboxylic acids is 2. The van der Waals surface area contributed by atoms with E-state index in [9.17, 15) is 9.59 Å². The molecular weight excluding hydrogens is 324 g/mol. The molecule has 0 aromatic heterocycles. The highest BCUT2D eigenvalue weighted by atomic mass is 35.5. The van der Waals surface area contributed by atoms with E-state index in [1.54, 1.807) is 17.0 Å². The summed E-state index contributed by atoms with van der Waals surface area (Å²) in [7, 11) is 0. The predicted molar refractivity (Wildman–Crippen MR) is 97.5 cm³/mol. The van der Waals surface area contributed by atoms with Gasteiger partial charge in [-0.15, -0.1) is 0 Å². The number of carbonyl (C=O) groups is 2. The highest BCUT2D eigenvalue weighted by Gasteiger charge is 2.47. The third kappa shape index (κ3) is 3.69. The van der Waals surface area contributed by atoms with Gasteiger partial charge in [-0.1, -0.05) is 44.0 Å². The summed E-state index contributed by atoms with van der Waals surface area (Å²) in [4.78, 5) is 30.9. The van der Waals surface area contributed by atoms with Gasteiger partial charge in [0, 0.05) is 10.6 Å². The van der Waals surface area contributed by atoms with Crippen LogP contribution in [0, 0.1) is 0 Å². The van der Waals surface area contributed by atoms with Gasteiger partial charge in [0.25, 0.3) is 5.91 Å². The van der Waals surface area contributed by atoms with E-state index in [1.807, 2.05) is 26.0 Å². The lowest BCUT2D eigenvalue weighted by Crippen LogP contribution is -2.50. The fourth-order valence-electron chi connectivity index (χ4n) is 3.37. The standard InChI is InChI=1S/C17H19ClN2O2.C2H6/c1-12(21)11-20-16(22)15(13-5-7-14(18)8-6-13)19-17(20)9-3-2-4-10-17;1-2/h5-8H,2-4,9-11H2,1H3;1-2H3. The van der Waals surface area contributed by atoms with E-state index in [4.69, 9.17) is 16.6 Å². The molecule has 1 aromatic rings. The number of ketones is 1. The maximum absolute atomic E-state index is 12.8. The molecule has 0 radical (unpaired) electrons. The molecule has 0 bridgehead atoms. The number of halogens is 1. The molecule has 0 atom stereocenters. The van der Waals surface area contributed by atoms with Crippen molar-refractivity contribution in [3.63, 3.8) is 0 Å². The molecule has 1 aliphatic carbocycles. The molecule has 5 heteroatoms. The number of aliphatic imine (C=N–C) groups is 1. The van der Waals surface area contributed by atoms with E-state index in [1.165, 1.54) is 6.92 Å². The van der Waals surface area contributed by atoms with Gasteiger partial charge in [0.2, 0.25) is 0 Å². The molecule has 1 heterocycles. The molecule has 24 heavy (non-hydrogen) atoms. The van der Waals surface area contributed by atoms with Crippen molar-refractivity contribution in [2.24, 2.45) is 4.99 Å². The Morgan fingerprint density at radius 1 is 1.17 bits per heavy atom. The van der Waals surface area contributed by atoms with E-state index in [0.29, 0.717) is 10.7 Å². The summed E-state index contributed by atoms with van der Waals surface area (Å²) in [5.41, 5.74) is 0.709. The molecule has 1 fully saturated rings. The maximum atomic E-state index is 12.8. The minimum Gasteiger partial charge on any atom is -0.305 e. The van der Waals surface area contributed by atoms with Gasteiger partial charge in [-0.25, -0.2) is 0 Å². The smallest absolute Gasteiger partial charge is 0.275 e. The average molecular weight is 349 g/mol. The van der Waals surface area contributed by atoms with Crippen LogP contribution < -0.4 is 0 Å². The number of Topliss-reactive ketones (excluding diaryl/α,β-unsaturated/α-hetero) is 1. The van der Waals surface area contributed by atoms with Crippen LogP contribution >= 0.6 is 11.6 Å². The Labute approximate surface area is 148 Å². The monoisotopic (exact) mass is 348 g/mol. The molecule has 1 aromatic carbocycles. The van der Waals surface area contributed by atoms with Crippen LogP contribution in [0.25, 0.3) is 0 Å². The van der Waals surface area contributed by atoms with Crippen molar-refractivity contribution < 1.29 is 9.59 Å². The summed E-state index contributed by atoms with van der Waals surface area (Å²) < 4.78 is 0. The first kappa shape index (κ1) is 18.7. The van der Waals surface area contributed by atoms with Crippen LogP contribution in [-0.4, -0.2) is 34.5 Å². The second-order valence-electron chi connectivity index (χ2n) is 6.10. The third-order valence-electron chi connectivity index (χ3n) is 4.42. The zero-order valence-electron chi connectivity index (χ0n) is 14.6. The Morgan fingerprint density at radius 2 is 1.75 bits per heavy atom. The lowest BCUT2D eigenvalue weighted by Gasteiger charge is -2.38. The van der Waals surface area contributed by atoms with Gasteiger partial charge >= 0.3 is 0 Å². The van der Waals surface area contributed by atoms with Crippen LogP contribution in [0.3, 0.4) is 0 Å². The summed E-state index contributed by atoms with van der Waals surface area (Å²) >= 11 is 5.91. The van der Waals surface area contributed by atoms with Gasteiger partial charge in [0.05, 0.1) is 6.54 Å². The summed E-state index contributed by atoms with van der Waals surface area (Å²) in [6, 6.07) is 7.14. The molecule has 2 aliphatic rings. The molecule has 1 spiro atoms. The number of nitrogens with zero attached hydrogens (tertiary/aromatic N) is 2. The molecule has 0 N–H and O–H groups in total. The molecule has 1 amide bonds.